The molecular weight excluding hydrogens is 482 g/mol. The number of hydrogen-bond acceptors (Lipinski definition) is 8. The summed E-state index contributed by atoms with van der Waals surface area (Å²) in [6.07, 6.45) is 0.336. The zero-order chi connectivity index (χ0) is 26.6. The smallest absolute Gasteiger partial charge is 0.330 e. The zero-order valence-electron chi connectivity index (χ0n) is 19.7. The summed E-state index contributed by atoms with van der Waals surface area (Å²) in [6, 6.07) is 13.0. The molecule has 7 N–H and O–H groups in total. The molecule has 0 saturated heterocycles. The number of nitrogens with one attached hydrogen (secondary N) is 2. The maximum absolute atomic E-state index is 13.0. The first-order valence-corrected chi connectivity index (χ1v) is 11.6. The van der Waals surface area contributed by atoms with Gasteiger partial charge in [0.15, 0.2) is 5.82 Å². The number of aromatic hydroxyl groups is 1. The third kappa shape index (κ3) is 6.04. The summed E-state index contributed by atoms with van der Waals surface area (Å²) in [7, 11) is 0. The number of carboxylic acids is 2. The molecule has 2 unspecified atom stereocenters. The minimum absolute atomic E-state index is 0.0174. The maximum Gasteiger partial charge on any atom is 0.330 e. The highest BCUT2D eigenvalue weighted by molar-refractivity contribution is 5.91. The molecule has 1 aromatic heterocycles. The fourth-order valence-corrected chi connectivity index (χ4v) is 4.19. The molecule has 1 saturated carbocycles. The van der Waals surface area contributed by atoms with Crippen LogP contribution in [0.5, 0.6) is 5.75 Å². The number of carbonyl (C=O) groups is 3. The lowest BCUT2D eigenvalue weighted by atomic mass is 10.1. The number of carbonyl (C=O) groups excluding carboxylic acids is 1. The third-order valence-corrected chi connectivity index (χ3v) is 6.32. The molecule has 4 rings (SSSR count). The minimum atomic E-state index is -1.45. The number of carboxylic acid groups (broad SMARTS) is 2. The van der Waals surface area contributed by atoms with E-state index in [4.69, 9.17) is 15.4 Å². The van der Waals surface area contributed by atoms with Crippen LogP contribution < -0.4 is 16.4 Å². The van der Waals surface area contributed by atoms with Crippen LogP contribution in [-0.2, 0) is 16.0 Å². The first-order chi connectivity index (χ1) is 17.7. The van der Waals surface area contributed by atoms with Crippen molar-refractivity contribution in [2.75, 3.05) is 0 Å². The lowest BCUT2D eigenvalue weighted by Crippen LogP contribution is -2.50. The fourth-order valence-electron chi connectivity index (χ4n) is 4.19. The Bertz CT molecular complexity index is 1260. The van der Waals surface area contributed by atoms with Crippen molar-refractivity contribution in [2.45, 2.75) is 49.2 Å². The topological polar surface area (TPSA) is 201 Å². The van der Waals surface area contributed by atoms with E-state index in [1.807, 2.05) is 30.3 Å². The molecule has 2 aromatic carbocycles. The molecule has 0 aliphatic heterocycles. The number of phenols is 1. The SMILES string of the molecule is N[C@@H](CCC(=O)O)c1noc([C@H](Cc2ccc(O)cc2)NC(=O)NC2(C(=O)O)CC2c2ccccc2)n1. The molecule has 12 heteroatoms. The molecule has 0 radical (unpaired) electrons. The van der Waals surface area contributed by atoms with Gasteiger partial charge < -0.3 is 36.2 Å². The summed E-state index contributed by atoms with van der Waals surface area (Å²) in [5.41, 5.74) is 6.06. The predicted molar refractivity (Wildman–Crippen MR) is 128 cm³/mol. The number of urea groups is 1. The zero-order valence-corrected chi connectivity index (χ0v) is 19.7. The molecule has 1 heterocycles. The quantitative estimate of drug-likeness (QED) is 0.222. The number of aliphatic carboxylic acids is 2. The normalized spacial score (nSPS) is 20.0. The first-order valence-electron chi connectivity index (χ1n) is 11.6. The average Bonchev–Trinajstić information content (AvgIpc) is 3.38. The number of nitrogens with two attached hydrogens (primary N) is 1. The summed E-state index contributed by atoms with van der Waals surface area (Å²) in [6.45, 7) is 0. The minimum Gasteiger partial charge on any atom is -0.508 e. The van der Waals surface area contributed by atoms with Crippen LogP contribution in [0.4, 0.5) is 4.79 Å². The second-order valence-electron chi connectivity index (χ2n) is 9.00. The van der Waals surface area contributed by atoms with Crippen LogP contribution in [-0.4, -0.2) is 49.0 Å². The van der Waals surface area contributed by atoms with Crippen molar-refractivity contribution in [3.8, 4) is 5.75 Å². The van der Waals surface area contributed by atoms with Gasteiger partial charge in [-0.1, -0.05) is 47.6 Å². The van der Waals surface area contributed by atoms with Gasteiger partial charge in [-0.3, -0.25) is 4.79 Å². The van der Waals surface area contributed by atoms with Gasteiger partial charge >= 0.3 is 18.0 Å². The van der Waals surface area contributed by atoms with Crippen LogP contribution in [0.2, 0.25) is 0 Å². The number of hydrogen-bond donors (Lipinski definition) is 6. The van der Waals surface area contributed by atoms with Crippen LogP contribution >= 0.6 is 0 Å². The van der Waals surface area contributed by atoms with Crippen molar-refractivity contribution < 1.29 is 34.2 Å². The van der Waals surface area contributed by atoms with Crippen LogP contribution in [0.25, 0.3) is 0 Å². The molecule has 4 atom stereocenters. The molecule has 3 aromatic rings. The van der Waals surface area contributed by atoms with Gasteiger partial charge in [0.2, 0.25) is 5.89 Å². The van der Waals surface area contributed by atoms with Crippen molar-refractivity contribution >= 4 is 18.0 Å². The Morgan fingerprint density at radius 2 is 1.81 bits per heavy atom. The number of aromatic nitrogens is 2. The van der Waals surface area contributed by atoms with Crippen LogP contribution in [0.1, 0.15) is 60.1 Å². The molecule has 37 heavy (non-hydrogen) atoms. The number of rotatable bonds is 11. The number of benzene rings is 2. The fraction of sp³-hybridized carbons (Fsp3) is 0.320. The Kier molecular flexibility index (Phi) is 7.39. The van der Waals surface area contributed by atoms with Gasteiger partial charge in [-0.2, -0.15) is 4.98 Å². The first kappa shape index (κ1) is 25.6. The van der Waals surface area contributed by atoms with Crippen LogP contribution in [0.15, 0.2) is 59.1 Å². The second-order valence-corrected chi connectivity index (χ2v) is 9.00. The molecule has 0 spiro atoms. The molecule has 0 bridgehead atoms. The van der Waals surface area contributed by atoms with Crippen molar-refractivity contribution in [3.63, 3.8) is 0 Å². The van der Waals surface area contributed by atoms with E-state index in [2.05, 4.69) is 20.8 Å². The van der Waals surface area contributed by atoms with E-state index in [0.29, 0.717) is 0 Å². The number of nitrogens with zero attached hydrogens (tertiary/aromatic N) is 2. The Morgan fingerprint density at radius 1 is 1.11 bits per heavy atom. The monoisotopic (exact) mass is 509 g/mol. The van der Waals surface area contributed by atoms with Gasteiger partial charge in [-0.05, 0) is 36.1 Å². The average molecular weight is 510 g/mol. The highest BCUT2D eigenvalue weighted by atomic mass is 16.5. The van der Waals surface area contributed by atoms with Crippen molar-refractivity contribution in [2.24, 2.45) is 5.73 Å². The molecule has 194 valence electrons. The van der Waals surface area contributed by atoms with Crippen molar-refractivity contribution in [3.05, 3.63) is 77.4 Å². The third-order valence-electron chi connectivity index (χ3n) is 6.32. The highest BCUT2D eigenvalue weighted by Crippen LogP contribution is 2.51. The van der Waals surface area contributed by atoms with Gasteiger partial charge in [0.1, 0.15) is 17.3 Å². The Balaban J connectivity index is 1.51. The van der Waals surface area contributed by atoms with E-state index in [1.165, 1.54) is 12.1 Å². The van der Waals surface area contributed by atoms with E-state index >= 15 is 0 Å². The van der Waals surface area contributed by atoms with Gasteiger partial charge in [0, 0.05) is 18.8 Å². The number of phenolic OH excluding ortho intramolecular Hbond substituents is 1. The van der Waals surface area contributed by atoms with E-state index in [-0.39, 0.29) is 49.1 Å². The Labute approximate surface area is 211 Å². The lowest BCUT2D eigenvalue weighted by molar-refractivity contribution is -0.140. The Hall–Kier alpha value is -4.45. The van der Waals surface area contributed by atoms with E-state index in [9.17, 15) is 24.6 Å². The van der Waals surface area contributed by atoms with E-state index < -0.39 is 35.6 Å². The van der Waals surface area contributed by atoms with Gasteiger partial charge in [0.05, 0.1) is 6.04 Å². The predicted octanol–water partition coefficient (Wildman–Crippen LogP) is 2.23. The number of amides is 2. The molecule has 2 amide bonds. The summed E-state index contributed by atoms with van der Waals surface area (Å²) in [5, 5.41) is 37.5. The maximum atomic E-state index is 13.0. The van der Waals surface area contributed by atoms with Crippen molar-refractivity contribution in [1.29, 1.82) is 0 Å². The van der Waals surface area contributed by atoms with Gasteiger partial charge in [0.25, 0.3) is 0 Å². The standard InChI is InChI=1S/C25H27N5O7/c26-18(10-11-20(32)33)21-28-22(37-30-21)19(12-14-6-8-16(31)9-7-14)27-24(36)29-25(23(34)35)13-17(25)15-4-2-1-3-5-15/h1-9,17-19,31H,10-13,26H2,(H,32,33)(H,34,35)(H2,27,29,36)/t17?,18-,19-,25?/m0/s1. The summed E-state index contributed by atoms with van der Waals surface area (Å²) in [5.74, 6) is -2.36. The summed E-state index contributed by atoms with van der Waals surface area (Å²) >= 11 is 0. The molecular formula is C25H27N5O7. The summed E-state index contributed by atoms with van der Waals surface area (Å²) < 4.78 is 5.34. The largest absolute Gasteiger partial charge is 0.508 e. The molecule has 1 aliphatic carbocycles. The van der Waals surface area contributed by atoms with E-state index in [1.54, 1.807) is 12.1 Å². The second kappa shape index (κ2) is 10.7. The van der Waals surface area contributed by atoms with Crippen LogP contribution in [0.3, 0.4) is 0 Å². The Morgan fingerprint density at radius 3 is 2.46 bits per heavy atom. The molecule has 1 aliphatic rings. The van der Waals surface area contributed by atoms with Crippen LogP contribution in [0, 0.1) is 0 Å². The summed E-state index contributed by atoms with van der Waals surface area (Å²) in [4.78, 5) is 40.2. The van der Waals surface area contributed by atoms with Gasteiger partial charge in [-0.25, -0.2) is 9.59 Å². The molecule has 1 fully saturated rings. The van der Waals surface area contributed by atoms with Crippen molar-refractivity contribution in [1.82, 2.24) is 20.8 Å². The van der Waals surface area contributed by atoms with E-state index in [0.717, 1.165) is 11.1 Å². The molecule has 12 nitrogen and oxygen atoms in total. The highest BCUT2D eigenvalue weighted by Gasteiger charge is 2.62. The lowest BCUT2D eigenvalue weighted by Gasteiger charge is -2.20. The van der Waals surface area contributed by atoms with Gasteiger partial charge in [-0.15, -0.1) is 0 Å².